The summed E-state index contributed by atoms with van der Waals surface area (Å²) in [5, 5.41) is 0. The second-order valence-electron chi connectivity index (χ2n) is 5.99. The van der Waals surface area contributed by atoms with E-state index in [1.54, 1.807) is 17.0 Å². The first-order chi connectivity index (χ1) is 9.97. The topological polar surface area (TPSA) is 45.7 Å². The Morgan fingerprint density at radius 1 is 1.52 bits per heavy atom. The number of nitrogens with zero attached hydrogens (tertiary/aromatic N) is 3. The van der Waals surface area contributed by atoms with Crippen molar-refractivity contribution in [2.45, 2.75) is 38.8 Å². The Kier molecular flexibility index (Phi) is 5.17. The van der Waals surface area contributed by atoms with Gasteiger partial charge in [-0.15, -0.1) is 0 Å². The van der Waals surface area contributed by atoms with Crippen molar-refractivity contribution < 1.29 is 9.53 Å². The lowest BCUT2D eigenvalue weighted by Crippen LogP contribution is -2.39. The number of aromatic nitrogens is 1. The normalized spacial score (nSPS) is 19.0. The maximum Gasteiger partial charge on any atom is 0.272 e. The Morgan fingerprint density at radius 2 is 2.29 bits per heavy atom. The molecule has 1 aromatic rings. The third-order valence-electron chi connectivity index (χ3n) is 3.80. The number of carbonyl (C=O) groups excluding carboxylic acids is 1. The van der Waals surface area contributed by atoms with Crippen molar-refractivity contribution in [1.29, 1.82) is 0 Å². The van der Waals surface area contributed by atoms with Crippen molar-refractivity contribution in [3.63, 3.8) is 0 Å². The molecule has 1 amide bonds. The zero-order valence-corrected chi connectivity index (χ0v) is 13.4. The van der Waals surface area contributed by atoms with E-state index in [1.807, 2.05) is 27.0 Å². The van der Waals surface area contributed by atoms with Gasteiger partial charge in [0.25, 0.3) is 5.91 Å². The summed E-state index contributed by atoms with van der Waals surface area (Å²) in [5.74, 6) is 0.451. The number of likely N-dealkylation sites (N-methyl/N-ethyl adjacent to an activating group) is 2. The van der Waals surface area contributed by atoms with Gasteiger partial charge in [-0.05, 0) is 46.3 Å². The minimum atomic E-state index is -0.0514. The van der Waals surface area contributed by atoms with Crippen LogP contribution in [0.25, 0.3) is 0 Å². The molecule has 1 fully saturated rings. The van der Waals surface area contributed by atoms with Gasteiger partial charge in [0, 0.05) is 25.7 Å². The predicted octanol–water partition coefficient (Wildman–Crippen LogP) is 2.04. The zero-order valence-electron chi connectivity index (χ0n) is 13.4. The minimum absolute atomic E-state index is 0.0488. The van der Waals surface area contributed by atoms with Gasteiger partial charge in [-0.1, -0.05) is 6.07 Å². The van der Waals surface area contributed by atoms with Crippen molar-refractivity contribution in [3.8, 4) is 5.88 Å². The molecule has 21 heavy (non-hydrogen) atoms. The van der Waals surface area contributed by atoms with Crippen LogP contribution in [0.15, 0.2) is 18.2 Å². The first kappa shape index (κ1) is 15.8. The quantitative estimate of drug-likeness (QED) is 0.833. The number of hydrogen-bond acceptors (Lipinski definition) is 4. The fraction of sp³-hybridized carbons (Fsp3) is 0.625. The summed E-state index contributed by atoms with van der Waals surface area (Å²) in [6.07, 6.45) is 2.41. The molecule has 0 aliphatic carbocycles. The van der Waals surface area contributed by atoms with E-state index >= 15 is 0 Å². The maximum atomic E-state index is 12.5. The summed E-state index contributed by atoms with van der Waals surface area (Å²) < 4.78 is 5.55. The van der Waals surface area contributed by atoms with Crippen LogP contribution >= 0.6 is 0 Å². The van der Waals surface area contributed by atoms with Gasteiger partial charge in [0.15, 0.2) is 0 Å². The van der Waals surface area contributed by atoms with Crippen molar-refractivity contribution in [2.75, 3.05) is 27.2 Å². The molecule has 2 rings (SSSR count). The number of likely N-dealkylation sites (tertiary alicyclic amines) is 1. The van der Waals surface area contributed by atoms with E-state index in [0.29, 0.717) is 17.6 Å². The van der Waals surface area contributed by atoms with Crippen molar-refractivity contribution in [3.05, 3.63) is 23.9 Å². The lowest BCUT2D eigenvalue weighted by atomic mass is 10.2. The molecule has 1 aromatic heterocycles. The van der Waals surface area contributed by atoms with Gasteiger partial charge in [0.05, 0.1) is 6.10 Å². The summed E-state index contributed by atoms with van der Waals surface area (Å²) in [7, 11) is 3.96. The van der Waals surface area contributed by atoms with Crippen molar-refractivity contribution >= 4 is 5.91 Å². The average Bonchev–Trinajstić information content (AvgIpc) is 2.83. The van der Waals surface area contributed by atoms with Crippen molar-refractivity contribution in [2.24, 2.45) is 0 Å². The zero-order chi connectivity index (χ0) is 15.4. The molecule has 0 unspecified atom stereocenters. The molecule has 116 valence electrons. The predicted molar refractivity (Wildman–Crippen MR) is 82.6 cm³/mol. The lowest BCUT2D eigenvalue weighted by Gasteiger charge is -2.25. The van der Waals surface area contributed by atoms with Crippen LogP contribution in [0, 0.1) is 0 Å². The van der Waals surface area contributed by atoms with E-state index in [9.17, 15) is 4.79 Å². The Labute approximate surface area is 126 Å². The van der Waals surface area contributed by atoms with Crippen LogP contribution < -0.4 is 4.74 Å². The summed E-state index contributed by atoms with van der Waals surface area (Å²) >= 11 is 0. The molecule has 0 N–H and O–H groups in total. The number of rotatable bonds is 5. The summed E-state index contributed by atoms with van der Waals surface area (Å²) in [6, 6.07) is 5.79. The van der Waals surface area contributed by atoms with Crippen LogP contribution in [0.4, 0.5) is 0 Å². The molecular weight excluding hydrogens is 266 g/mol. The Morgan fingerprint density at radius 3 is 2.90 bits per heavy atom. The van der Waals surface area contributed by atoms with E-state index in [1.165, 1.54) is 6.42 Å². The van der Waals surface area contributed by atoms with Gasteiger partial charge in [0.1, 0.15) is 5.69 Å². The Balaban J connectivity index is 2.01. The van der Waals surface area contributed by atoms with Crippen LogP contribution in [-0.2, 0) is 0 Å². The monoisotopic (exact) mass is 291 g/mol. The van der Waals surface area contributed by atoms with E-state index in [2.05, 4.69) is 16.9 Å². The summed E-state index contributed by atoms with van der Waals surface area (Å²) in [4.78, 5) is 20.8. The third kappa shape index (κ3) is 4.17. The average molecular weight is 291 g/mol. The van der Waals surface area contributed by atoms with Crippen LogP contribution in [0.5, 0.6) is 5.88 Å². The van der Waals surface area contributed by atoms with Gasteiger partial charge < -0.3 is 14.5 Å². The van der Waals surface area contributed by atoms with E-state index in [4.69, 9.17) is 4.74 Å². The van der Waals surface area contributed by atoms with Gasteiger partial charge in [0.2, 0.25) is 5.88 Å². The molecule has 0 saturated carbocycles. The summed E-state index contributed by atoms with van der Waals surface area (Å²) in [5.41, 5.74) is 0.441. The molecule has 0 spiro atoms. The van der Waals surface area contributed by atoms with E-state index in [0.717, 1.165) is 19.5 Å². The number of pyridine rings is 1. The molecule has 0 aromatic carbocycles. The molecule has 0 bridgehead atoms. The van der Waals surface area contributed by atoms with Gasteiger partial charge in [-0.25, -0.2) is 4.98 Å². The number of carbonyl (C=O) groups is 1. The molecule has 1 atom stereocenters. The first-order valence-electron chi connectivity index (χ1n) is 7.57. The fourth-order valence-electron chi connectivity index (χ4n) is 2.65. The molecule has 5 nitrogen and oxygen atoms in total. The molecule has 2 heterocycles. The van der Waals surface area contributed by atoms with Gasteiger partial charge in [-0.2, -0.15) is 0 Å². The molecule has 1 aliphatic heterocycles. The highest BCUT2D eigenvalue weighted by Gasteiger charge is 2.24. The van der Waals surface area contributed by atoms with Gasteiger partial charge in [-0.3, -0.25) is 4.79 Å². The third-order valence-corrected chi connectivity index (χ3v) is 3.80. The minimum Gasteiger partial charge on any atom is -0.475 e. The molecular formula is C16H25N3O2. The Hall–Kier alpha value is -1.62. The van der Waals surface area contributed by atoms with Crippen molar-refractivity contribution in [1.82, 2.24) is 14.8 Å². The van der Waals surface area contributed by atoms with E-state index in [-0.39, 0.29) is 12.0 Å². The molecule has 5 heteroatoms. The van der Waals surface area contributed by atoms with Crippen LogP contribution in [0.1, 0.15) is 37.2 Å². The standard InChI is InChI=1S/C16H25N3O2/c1-12(2)21-15-9-5-8-14(17-15)16(20)19(4)11-13-7-6-10-18(13)3/h5,8-9,12-13H,6-7,10-11H2,1-4H3/t13-/m1/s1. The highest BCUT2D eigenvalue weighted by atomic mass is 16.5. The Bertz CT molecular complexity index is 490. The maximum absolute atomic E-state index is 12.5. The molecule has 1 saturated heterocycles. The number of hydrogen-bond donors (Lipinski definition) is 0. The second kappa shape index (κ2) is 6.89. The lowest BCUT2D eigenvalue weighted by molar-refractivity contribution is 0.0754. The number of amides is 1. The highest BCUT2D eigenvalue weighted by Crippen LogP contribution is 2.17. The smallest absolute Gasteiger partial charge is 0.272 e. The van der Waals surface area contributed by atoms with Gasteiger partial charge >= 0.3 is 0 Å². The number of ether oxygens (including phenoxy) is 1. The van der Waals surface area contributed by atoms with Crippen LogP contribution in [0.3, 0.4) is 0 Å². The van der Waals surface area contributed by atoms with Crippen LogP contribution in [0.2, 0.25) is 0 Å². The van der Waals surface area contributed by atoms with Crippen LogP contribution in [-0.4, -0.2) is 60.0 Å². The molecule has 1 aliphatic rings. The summed E-state index contributed by atoms with van der Waals surface area (Å²) in [6.45, 7) is 5.74. The SMILES string of the molecule is CC(C)Oc1cccc(C(=O)N(C)C[C@H]2CCCN2C)n1. The second-order valence-corrected chi connectivity index (χ2v) is 5.99. The highest BCUT2D eigenvalue weighted by molar-refractivity contribution is 5.92. The van der Waals surface area contributed by atoms with E-state index < -0.39 is 0 Å². The largest absolute Gasteiger partial charge is 0.475 e. The molecule has 0 radical (unpaired) electrons. The fourth-order valence-corrected chi connectivity index (χ4v) is 2.65. The first-order valence-corrected chi connectivity index (χ1v) is 7.57.